The molecule has 0 bridgehead atoms. The van der Waals surface area contributed by atoms with Crippen molar-refractivity contribution < 1.29 is 13.9 Å². The maximum Gasteiger partial charge on any atom is 0.338 e. The number of nitrogens with zero attached hydrogens (tertiary/aromatic N) is 2. The second kappa shape index (κ2) is 5.98. The SMILES string of the molecule is C=CCOC(=O)C1=C(C)Nc2nc3ccccc3n2[C@@H]1c1ccco1. The van der Waals surface area contributed by atoms with E-state index in [0.29, 0.717) is 23.0 Å². The fourth-order valence-corrected chi connectivity index (χ4v) is 3.16. The van der Waals surface area contributed by atoms with Crippen LogP contribution in [0.3, 0.4) is 0 Å². The van der Waals surface area contributed by atoms with Crippen LogP contribution < -0.4 is 5.32 Å². The van der Waals surface area contributed by atoms with E-state index in [1.54, 1.807) is 18.4 Å². The standard InChI is InChI=1S/C19H17N3O3/c1-3-10-25-18(23)16-12(2)20-19-21-13-7-4-5-8-14(13)22(19)17(16)15-9-6-11-24-15/h3-9,11,17H,1,10H2,2H3,(H,20,21)/t17-/m1/s1. The summed E-state index contributed by atoms with van der Waals surface area (Å²) in [7, 11) is 0. The number of hydrogen-bond acceptors (Lipinski definition) is 5. The molecule has 1 atom stereocenters. The van der Waals surface area contributed by atoms with Gasteiger partial charge in [-0.3, -0.25) is 4.57 Å². The predicted octanol–water partition coefficient (Wildman–Crippen LogP) is 3.65. The molecule has 4 rings (SSSR count). The number of allylic oxidation sites excluding steroid dienone is 1. The van der Waals surface area contributed by atoms with Gasteiger partial charge in [-0.2, -0.15) is 0 Å². The highest BCUT2D eigenvalue weighted by atomic mass is 16.5. The fourth-order valence-electron chi connectivity index (χ4n) is 3.16. The van der Waals surface area contributed by atoms with E-state index in [-0.39, 0.29) is 6.61 Å². The van der Waals surface area contributed by atoms with Gasteiger partial charge < -0.3 is 14.5 Å². The first kappa shape index (κ1) is 15.3. The van der Waals surface area contributed by atoms with Crippen LogP contribution in [0.4, 0.5) is 5.95 Å². The minimum Gasteiger partial charge on any atom is -0.467 e. The number of esters is 1. The molecule has 6 nitrogen and oxygen atoms in total. The van der Waals surface area contributed by atoms with Gasteiger partial charge in [-0.1, -0.05) is 24.8 Å². The molecule has 126 valence electrons. The summed E-state index contributed by atoms with van der Waals surface area (Å²) in [5.74, 6) is 0.908. The summed E-state index contributed by atoms with van der Waals surface area (Å²) in [5, 5.41) is 3.21. The molecule has 0 fully saturated rings. The van der Waals surface area contributed by atoms with Gasteiger partial charge in [0.2, 0.25) is 5.95 Å². The molecule has 3 aromatic rings. The Morgan fingerprint density at radius 3 is 3.00 bits per heavy atom. The lowest BCUT2D eigenvalue weighted by Gasteiger charge is -2.28. The zero-order valence-electron chi connectivity index (χ0n) is 13.7. The van der Waals surface area contributed by atoms with Crippen molar-refractivity contribution in [1.82, 2.24) is 9.55 Å². The van der Waals surface area contributed by atoms with Crippen molar-refractivity contribution in [3.05, 3.63) is 72.3 Å². The van der Waals surface area contributed by atoms with Crippen LogP contribution in [0.25, 0.3) is 11.0 Å². The number of carbonyl (C=O) groups is 1. The molecule has 3 heterocycles. The van der Waals surface area contributed by atoms with Gasteiger partial charge in [-0.15, -0.1) is 0 Å². The number of carbonyl (C=O) groups excluding carboxylic acids is 1. The van der Waals surface area contributed by atoms with Gasteiger partial charge >= 0.3 is 5.97 Å². The minimum atomic E-state index is -0.448. The average molecular weight is 335 g/mol. The van der Waals surface area contributed by atoms with Crippen molar-refractivity contribution in [3.8, 4) is 0 Å². The number of aromatic nitrogens is 2. The summed E-state index contributed by atoms with van der Waals surface area (Å²) >= 11 is 0. The lowest BCUT2D eigenvalue weighted by atomic mass is 10.0. The molecule has 2 aromatic heterocycles. The van der Waals surface area contributed by atoms with E-state index < -0.39 is 12.0 Å². The average Bonchev–Trinajstić information content (AvgIpc) is 3.25. The third kappa shape index (κ3) is 2.42. The Balaban J connectivity index is 1.92. The van der Waals surface area contributed by atoms with E-state index in [9.17, 15) is 4.79 Å². The maximum absolute atomic E-state index is 12.7. The fraction of sp³-hybridized carbons (Fsp3) is 0.158. The first-order chi connectivity index (χ1) is 12.2. The van der Waals surface area contributed by atoms with Crippen LogP contribution in [0.15, 0.2) is 71.0 Å². The molecule has 1 aromatic carbocycles. The molecule has 25 heavy (non-hydrogen) atoms. The van der Waals surface area contributed by atoms with E-state index in [1.807, 2.05) is 41.8 Å². The van der Waals surface area contributed by atoms with Gasteiger partial charge in [0.05, 0.1) is 22.9 Å². The lowest BCUT2D eigenvalue weighted by Crippen LogP contribution is -2.28. The van der Waals surface area contributed by atoms with Crippen LogP contribution in [-0.2, 0) is 9.53 Å². The molecule has 1 aliphatic rings. The predicted molar refractivity (Wildman–Crippen MR) is 94.1 cm³/mol. The number of ether oxygens (including phenoxy) is 1. The Morgan fingerprint density at radius 2 is 2.24 bits per heavy atom. The quantitative estimate of drug-likeness (QED) is 0.582. The van der Waals surface area contributed by atoms with E-state index in [4.69, 9.17) is 9.15 Å². The summed E-state index contributed by atoms with van der Waals surface area (Å²) in [6, 6.07) is 11.0. The molecule has 6 heteroatoms. The number of fused-ring (bicyclic) bond motifs is 3. The van der Waals surface area contributed by atoms with Crippen molar-refractivity contribution in [1.29, 1.82) is 0 Å². The topological polar surface area (TPSA) is 69.3 Å². The second-order valence-corrected chi connectivity index (χ2v) is 5.76. The van der Waals surface area contributed by atoms with Crippen molar-refractivity contribution in [2.75, 3.05) is 11.9 Å². The summed E-state index contributed by atoms with van der Waals surface area (Å²) < 4.78 is 12.9. The smallest absolute Gasteiger partial charge is 0.338 e. The van der Waals surface area contributed by atoms with Gasteiger partial charge in [-0.05, 0) is 31.2 Å². The molecule has 0 unspecified atom stereocenters. The molecule has 0 aliphatic carbocycles. The zero-order chi connectivity index (χ0) is 17.4. The summed E-state index contributed by atoms with van der Waals surface area (Å²) in [6.45, 7) is 5.58. The molecule has 0 radical (unpaired) electrons. The zero-order valence-corrected chi connectivity index (χ0v) is 13.7. The molecule has 1 aliphatic heterocycles. The molecular weight excluding hydrogens is 318 g/mol. The summed E-state index contributed by atoms with van der Waals surface area (Å²) in [6.07, 6.45) is 3.14. The first-order valence-corrected chi connectivity index (χ1v) is 7.97. The molecular formula is C19H17N3O3. The highest BCUT2D eigenvalue weighted by Crippen LogP contribution is 2.39. The van der Waals surface area contributed by atoms with Crippen LogP contribution in [0, 0.1) is 0 Å². The first-order valence-electron chi connectivity index (χ1n) is 7.97. The van der Waals surface area contributed by atoms with Crippen molar-refractivity contribution in [3.63, 3.8) is 0 Å². The van der Waals surface area contributed by atoms with Gasteiger partial charge in [0.1, 0.15) is 18.4 Å². The Kier molecular flexibility index (Phi) is 3.65. The summed E-state index contributed by atoms with van der Waals surface area (Å²) in [4.78, 5) is 17.3. The molecule has 0 saturated heterocycles. The second-order valence-electron chi connectivity index (χ2n) is 5.76. The Bertz CT molecular complexity index is 983. The Hall–Kier alpha value is -3.28. The number of nitrogens with one attached hydrogen (secondary N) is 1. The third-order valence-electron chi connectivity index (χ3n) is 4.20. The number of hydrogen-bond donors (Lipinski definition) is 1. The number of benzene rings is 1. The number of furan rings is 1. The van der Waals surface area contributed by atoms with Gasteiger partial charge in [0.15, 0.2) is 0 Å². The third-order valence-corrected chi connectivity index (χ3v) is 4.20. The van der Waals surface area contributed by atoms with E-state index in [1.165, 1.54) is 0 Å². The van der Waals surface area contributed by atoms with Crippen LogP contribution in [0.1, 0.15) is 18.7 Å². The number of imidazole rings is 1. The van der Waals surface area contributed by atoms with E-state index in [2.05, 4.69) is 16.9 Å². The van der Waals surface area contributed by atoms with Crippen LogP contribution >= 0.6 is 0 Å². The summed E-state index contributed by atoms with van der Waals surface area (Å²) in [5.41, 5.74) is 2.94. The highest BCUT2D eigenvalue weighted by Gasteiger charge is 2.36. The number of anilines is 1. The highest BCUT2D eigenvalue weighted by molar-refractivity contribution is 5.93. The van der Waals surface area contributed by atoms with Gasteiger partial charge in [0, 0.05) is 5.70 Å². The lowest BCUT2D eigenvalue weighted by molar-refractivity contribution is -0.138. The van der Waals surface area contributed by atoms with E-state index in [0.717, 1.165) is 11.0 Å². The van der Waals surface area contributed by atoms with Crippen molar-refractivity contribution >= 4 is 23.0 Å². The van der Waals surface area contributed by atoms with Crippen molar-refractivity contribution in [2.24, 2.45) is 0 Å². The largest absolute Gasteiger partial charge is 0.467 e. The minimum absolute atomic E-state index is 0.151. The Morgan fingerprint density at radius 1 is 1.40 bits per heavy atom. The molecule has 1 N–H and O–H groups in total. The Labute approximate surface area is 144 Å². The normalized spacial score (nSPS) is 16.4. The van der Waals surface area contributed by atoms with Crippen LogP contribution in [0.2, 0.25) is 0 Å². The maximum atomic E-state index is 12.7. The van der Waals surface area contributed by atoms with Crippen LogP contribution in [-0.4, -0.2) is 22.1 Å². The van der Waals surface area contributed by atoms with E-state index >= 15 is 0 Å². The number of para-hydroxylation sites is 2. The monoisotopic (exact) mass is 335 g/mol. The van der Waals surface area contributed by atoms with Gasteiger partial charge in [0.25, 0.3) is 0 Å². The molecule has 0 saturated carbocycles. The molecule has 0 amide bonds. The van der Waals surface area contributed by atoms with Crippen LogP contribution in [0.5, 0.6) is 0 Å². The molecule has 0 spiro atoms. The number of rotatable bonds is 4. The van der Waals surface area contributed by atoms with Gasteiger partial charge in [-0.25, -0.2) is 9.78 Å². The van der Waals surface area contributed by atoms with Crippen molar-refractivity contribution in [2.45, 2.75) is 13.0 Å².